The first-order valence-corrected chi connectivity index (χ1v) is 10.8. The molecule has 0 bridgehead atoms. The molecule has 1 aliphatic heterocycles. The zero-order valence-corrected chi connectivity index (χ0v) is 17.8. The topological polar surface area (TPSA) is 69.7 Å². The monoisotopic (exact) mass is 431 g/mol. The van der Waals surface area contributed by atoms with Gasteiger partial charge < -0.3 is 10.2 Å². The van der Waals surface area contributed by atoms with Crippen LogP contribution in [0.4, 0.5) is 4.79 Å². The lowest BCUT2D eigenvalue weighted by atomic mass is 9.80. The van der Waals surface area contributed by atoms with Gasteiger partial charge in [-0.15, -0.1) is 11.3 Å². The fraction of sp³-hybridized carbons (Fsp3) is 0.381. The van der Waals surface area contributed by atoms with Crippen molar-refractivity contribution >= 4 is 40.8 Å². The number of urea groups is 1. The molecule has 1 fully saturated rings. The minimum absolute atomic E-state index is 0.215. The fourth-order valence-corrected chi connectivity index (χ4v) is 5.24. The molecule has 6 nitrogen and oxygen atoms in total. The van der Waals surface area contributed by atoms with E-state index in [1.54, 1.807) is 35.4 Å². The summed E-state index contributed by atoms with van der Waals surface area (Å²) in [6.07, 6.45) is 2.30. The summed E-state index contributed by atoms with van der Waals surface area (Å²) in [6.45, 7) is 1.62. The van der Waals surface area contributed by atoms with Crippen molar-refractivity contribution in [3.8, 4) is 0 Å². The number of fused-ring (bicyclic) bond motifs is 2. The number of carbonyl (C=O) groups is 3. The Hall–Kier alpha value is -2.38. The smallest absolute Gasteiger partial charge is 0.325 e. The summed E-state index contributed by atoms with van der Waals surface area (Å²) in [4.78, 5) is 42.5. The number of aryl methyl sites for hydroxylation is 1. The van der Waals surface area contributed by atoms with E-state index in [0.29, 0.717) is 11.4 Å². The minimum Gasteiger partial charge on any atom is -0.337 e. The summed E-state index contributed by atoms with van der Waals surface area (Å²) in [5.74, 6) is -0.628. The Kier molecular flexibility index (Phi) is 5.12. The quantitative estimate of drug-likeness (QED) is 0.750. The van der Waals surface area contributed by atoms with Crippen LogP contribution in [0.25, 0.3) is 0 Å². The average molecular weight is 432 g/mol. The minimum atomic E-state index is -1.02. The third kappa shape index (κ3) is 3.32. The van der Waals surface area contributed by atoms with Gasteiger partial charge in [-0.05, 0) is 55.3 Å². The van der Waals surface area contributed by atoms with Crippen LogP contribution < -0.4 is 5.32 Å². The van der Waals surface area contributed by atoms with E-state index < -0.39 is 11.6 Å². The molecule has 8 heteroatoms. The number of nitrogens with zero attached hydrogens (tertiary/aromatic N) is 2. The highest BCUT2D eigenvalue weighted by molar-refractivity contribution is 7.10. The maximum atomic E-state index is 13.3. The van der Waals surface area contributed by atoms with E-state index in [9.17, 15) is 14.4 Å². The van der Waals surface area contributed by atoms with Gasteiger partial charge in [0.1, 0.15) is 12.1 Å². The van der Waals surface area contributed by atoms with E-state index in [-0.39, 0.29) is 24.4 Å². The second-order valence-electron chi connectivity index (χ2n) is 7.57. The molecule has 2 atom stereocenters. The van der Waals surface area contributed by atoms with Crippen LogP contribution in [0.5, 0.6) is 0 Å². The molecule has 2 aliphatic rings. The summed E-state index contributed by atoms with van der Waals surface area (Å²) in [7, 11) is 1.67. The second kappa shape index (κ2) is 7.46. The number of halogens is 1. The van der Waals surface area contributed by atoms with Crippen molar-refractivity contribution in [2.75, 3.05) is 13.6 Å². The summed E-state index contributed by atoms with van der Waals surface area (Å²) < 4.78 is 0. The van der Waals surface area contributed by atoms with Crippen molar-refractivity contribution in [2.24, 2.45) is 0 Å². The van der Waals surface area contributed by atoms with Gasteiger partial charge in [0, 0.05) is 22.5 Å². The predicted octanol–water partition coefficient (Wildman–Crippen LogP) is 3.70. The van der Waals surface area contributed by atoms with Crippen LogP contribution in [0.15, 0.2) is 35.7 Å². The van der Waals surface area contributed by atoms with Crippen molar-refractivity contribution in [1.82, 2.24) is 15.1 Å². The molecule has 1 spiro atoms. The number of hydrogen-bond donors (Lipinski definition) is 1. The summed E-state index contributed by atoms with van der Waals surface area (Å²) in [5.41, 5.74) is 0.782. The molecule has 29 heavy (non-hydrogen) atoms. The summed E-state index contributed by atoms with van der Waals surface area (Å²) >= 11 is 7.54. The highest BCUT2D eigenvalue weighted by atomic mass is 35.5. The Labute approximate surface area is 178 Å². The van der Waals surface area contributed by atoms with Crippen LogP contribution in [0.3, 0.4) is 0 Å². The van der Waals surface area contributed by atoms with E-state index in [1.165, 1.54) is 0 Å². The molecule has 4 amide bonds. The zero-order valence-electron chi connectivity index (χ0n) is 16.3. The second-order valence-corrected chi connectivity index (χ2v) is 9.01. The molecule has 0 radical (unpaired) electrons. The number of nitrogens with one attached hydrogen (secondary N) is 1. The Morgan fingerprint density at radius 3 is 2.76 bits per heavy atom. The molecule has 4 rings (SSSR count). The average Bonchev–Trinajstić information content (AvgIpc) is 3.28. The normalized spacial score (nSPS) is 21.8. The molecule has 0 saturated carbocycles. The zero-order chi connectivity index (χ0) is 20.8. The first-order valence-electron chi connectivity index (χ1n) is 9.55. The van der Waals surface area contributed by atoms with Crippen molar-refractivity contribution in [3.63, 3.8) is 0 Å². The molecule has 2 heterocycles. The Morgan fingerprint density at radius 2 is 2.03 bits per heavy atom. The largest absolute Gasteiger partial charge is 0.337 e. The van der Waals surface area contributed by atoms with Crippen molar-refractivity contribution in [3.05, 3.63) is 56.7 Å². The lowest BCUT2D eigenvalue weighted by Crippen LogP contribution is -2.47. The molecule has 1 aromatic heterocycles. The third-order valence-corrected chi connectivity index (χ3v) is 7.19. The van der Waals surface area contributed by atoms with Crippen LogP contribution in [0.1, 0.15) is 41.8 Å². The number of carbonyl (C=O) groups excluding carboxylic acids is 3. The van der Waals surface area contributed by atoms with Gasteiger partial charge in [0.2, 0.25) is 5.91 Å². The first kappa shape index (κ1) is 19.9. The lowest BCUT2D eigenvalue weighted by Gasteiger charge is -2.31. The van der Waals surface area contributed by atoms with Crippen LogP contribution in [-0.4, -0.2) is 41.2 Å². The molecule has 2 aromatic rings. The number of amides is 4. The molecule has 2 unspecified atom stereocenters. The number of thiophene rings is 1. The van der Waals surface area contributed by atoms with Crippen LogP contribution in [0, 0.1) is 0 Å². The van der Waals surface area contributed by atoms with Gasteiger partial charge in [-0.3, -0.25) is 14.5 Å². The van der Waals surface area contributed by atoms with Crippen molar-refractivity contribution in [2.45, 2.75) is 37.8 Å². The maximum Gasteiger partial charge on any atom is 0.325 e. The number of benzene rings is 1. The van der Waals surface area contributed by atoms with Gasteiger partial charge >= 0.3 is 6.03 Å². The van der Waals surface area contributed by atoms with Crippen molar-refractivity contribution < 1.29 is 14.4 Å². The number of imide groups is 1. The highest BCUT2D eigenvalue weighted by Crippen LogP contribution is 2.42. The fourth-order valence-electron chi connectivity index (χ4n) is 4.11. The highest BCUT2D eigenvalue weighted by Gasteiger charge is 2.54. The van der Waals surface area contributed by atoms with Gasteiger partial charge in [0.15, 0.2) is 0 Å². The Bertz CT molecular complexity index is 974. The van der Waals surface area contributed by atoms with Crippen molar-refractivity contribution in [1.29, 1.82) is 0 Å². The molecular formula is C21H22ClN3O3S. The number of hydrogen-bond acceptors (Lipinski definition) is 4. The van der Waals surface area contributed by atoms with Crippen LogP contribution in [0.2, 0.25) is 5.02 Å². The number of likely N-dealkylation sites (N-methyl/N-ethyl adjacent to an activating group) is 1. The summed E-state index contributed by atoms with van der Waals surface area (Å²) in [5, 5.41) is 5.46. The van der Waals surface area contributed by atoms with Gasteiger partial charge in [-0.25, -0.2) is 4.79 Å². The Balaban J connectivity index is 1.51. The molecule has 1 saturated heterocycles. The third-order valence-electron chi connectivity index (χ3n) is 5.96. The molecule has 1 aliphatic carbocycles. The standard InChI is InChI=1S/C21H22ClN3O3S/c1-13(14-5-7-15(22)8-6-14)24(2)18(26)12-25-19(27)21(23-20(25)28)10-3-4-17-16(21)9-11-29-17/h5-9,11,13H,3-4,10,12H2,1-2H3,(H,23,28). The lowest BCUT2D eigenvalue weighted by molar-refractivity contribution is -0.139. The van der Waals surface area contributed by atoms with Crippen LogP contribution >= 0.6 is 22.9 Å². The Morgan fingerprint density at radius 1 is 1.31 bits per heavy atom. The molecule has 152 valence electrons. The van der Waals surface area contributed by atoms with E-state index in [1.807, 2.05) is 30.5 Å². The van der Waals surface area contributed by atoms with Crippen LogP contribution in [-0.2, 0) is 21.5 Å². The van der Waals surface area contributed by atoms with Gasteiger partial charge in [0.25, 0.3) is 5.91 Å². The first-order chi connectivity index (χ1) is 13.8. The van der Waals surface area contributed by atoms with E-state index in [2.05, 4.69) is 5.32 Å². The SMILES string of the molecule is CC(c1ccc(Cl)cc1)N(C)C(=O)CN1C(=O)NC2(CCCc3sccc32)C1=O. The van der Waals surface area contributed by atoms with E-state index >= 15 is 0 Å². The molecular weight excluding hydrogens is 410 g/mol. The maximum absolute atomic E-state index is 13.3. The number of rotatable bonds is 4. The van der Waals surface area contributed by atoms with E-state index in [4.69, 9.17) is 11.6 Å². The van der Waals surface area contributed by atoms with Gasteiger partial charge in [0.05, 0.1) is 6.04 Å². The molecule has 1 aromatic carbocycles. The van der Waals surface area contributed by atoms with Gasteiger partial charge in [-0.1, -0.05) is 23.7 Å². The van der Waals surface area contributed by atoms with E-state index in [0.717, 1.165) is 33.7 Å². The predicted molar refractivity (Wildman–Crippen MR) is 112 cm³/mol. The van der Waals surface area contributed by atoms with Gasteiger partial charge in [-0.2, -0.15) is 0 Å². The summed E-state index contributed by atoms with van der Waals surface area (Å²) in [6, 6.07) is 8.46. The molecule has 1 N–H and O–H groups in total.